The van der Waals surface area contributed by atoms with Gasteiger partial charge in [-0.3, -0.25) is 0 Å². The molecule has 0 spiro atoms. The maximum Gasteiger partial charge on any atom is 0.417 e. The van der Waals surface area contributed by atoms with Crippen molar-refractivity contribution in [3.05, 3.63) is 23.8 Å². The van der Waals surface area contributed by atoms with Crippen LogP contribution in [0.4, 0.5) is 32.0 Å². The lowest BCUT2D eigenvalue weighted by Gasteiger charge is -2.41. The Balaban J connectivity index is 2.24. The number of alkyl halides is 6. The normalized spacial score (nSPS) is 20.0. The minimum atomic E-state index is -4.74. The fraction of sp³-hybridized carbons (Fsp3) is 0.526. The van der Waals surface area contributed by atoms with Crippen LogP contribution in [0.3, 0.4) is 0 Å². The molecular weight excluding hydrogens is 402 g/mol. The topological polar surface area (TPSA) is 34.6 Å². The van der Waals surface area contributed by atoms with Crippen LogP contribution in [-0.4, -0.2) is 36.0 Å². The highest BCUT2D eigenvalue weighted by molar-refractivity contribution is 5.90. The molecule has 0 saturated heterocycles. The lowest BCUT2D eigenvalue weighted by atomic mass is 10.0. The first-order valence-corrected chi connectivity index (χ1v) is 8.99. The third-order valence-corrected chi connectivity index (χ3v) is 4.67. The summed E-state index contributed by atoms with van der Waals surface area (Å²) in [6.07, 6.45) is -10.3. The average molecular weight is 422 g/mol. The van der Waals surface area contributed by atoms with Gasteiger partial charge in [0.05, 0.1) is 28.9 Å². The summed E-state index contributed by atoms with van der Waals surface area (Å²) in [5, 5.41) is -0.315. The molecule has 1 aliphatic rings. The van der Waals surface area contributed by atoms with Crippen LogP contribution in [0.25, 0.3) is 10.9 Å². The zero-order chi connectivity index (χ0) is 21.7. The Morgan fingerprint density at radius 2 is 1.76 bits per heavy atom. The molecule has 0 bridgehead atoms. The molecule has 29 heavy (non-hydrogen) atoms. The standard InChI is InChI=1S/C19H20F6N2O2/c1-9(2)28-17-6-13(19(23,24)25)12-5-15-16(7-14(12)26-17)29-11(4)10(3)27(15)8-18(20,21)22/h5-7,9-11H,8H2,1-4H3/t10-,11+/m1/s1. The lowest BCUT2D eigenvalue weighted by Crippen LogP contribution is -2.50. The Labute approximate surface area is 163 Å². The SMILES string of the molecule is CC(C)Oc1cc(C(F)(F)F)c2cc3c(cc2n1)O[C@@H](C)[C@@H](C)N3CC(F)(F)F. The molecule has 2 atom stereocenters. The van der Waals surface area contributed by atoms with E-state index in [1.165, 1.54) is 13.0 Å². The largest absolute Gasteiger partial charge is 0.486 e. The van der Waals surface area contributed by atoms with Crippen molar-refractivity contribution < 1.29 is 35.8 Å². The van der Waals surface area contributed by atoms with Gasteiger partial charge < -0.3 is 14.4 Å². The summed E-state index contributed by atoms with van der Waals surface area (Å²) in [7, 11) is 0. The van der Waals surface area contributed by atoms with Gasteiger partial charge in [0, 0.05) is 17.5 Å². The number of ether oxygens (including phenoxy) is 2. The van der Waals surface area contributed by atoms with Gasteiger partial charge in [0.25, 0.3) is 0 Å². The molecule has 4 nitrogen and oxygen atoms in total. The van der Waals surface area contributed by atoms with E-state index < -0.39 is 42.7 Å². The molecule has 0 saturated carbocycles. The Kier molecular flexibility index (Phi) is 5.25. The Morgan fingerprint density at radius 1 is 1.10 bits per heavy atom. The minimum Gasteiger partial charge on any atom is -0.486 e. The fourth-order valence-corrected chi connectivity index (χ4v) is 3.27. The number of nitrogens with zero attached hydrogens (tertiary/aromatic N) is 2. The van der Waals surface area contributed by atoms with E-state index in [1.807, 2.05) is 0 Å². The zero-order valence-electron chi connectivity index (χ0n) is 16.1. The van der Waals surface area contributed by atoms with Crippen LogP contribution in [-0.2, 0) is 6.18 Å². The molecule has 0 N–H and O–H groups in total. The third kappa shape index (κ3) is 4.45. The van der Waals surface area contributed by atoms with Gasteiger partial charge in [0.2, 0.25) is 5.88 Å². The van der Waals surface area contributed by atoms with Crippen LogP contribution < -0.4 is 14.4 Å². The molecule has 10 heteroatoms. The predicted octanol–water partition coefficient (Wildman–Crippen LogP) is 5.58. The fourth-order valence-electron chi connectivity index (χ4n) is 3.27. The Morgan fingerprint density at radius 3 is 2.31 bits per heavy atom. The number of rotatable bonds is 3. The summed E-state index contributed by atoms with van der Waals surface area (Å²) >= 11 is 0. The van der Waals surface area contributed by atoms with E-state index in [4.69, 9.17) is 9.47 Å². The van der Waals surface area contributed by atoms with Crippen molar-refractivity contribution in [2.24, 2.45) is 0 Å². The number of hydrogen-bond acceptors (Lipinski definition) is 4. The van der Waals surface area contributed by atoms with Crippen molar-refractivity contribution in [1.82, 2.24) is 4.98 Å². The molecule has 1 aliphatic heterocycles. The molecule has 0 aliphatic carbocycles. The molecule has 1 aromatic carbocycles. The van der Waals surface area contributed by atoms with Gasteiger partial charge in [0.15, 0.2) is 0 Å². The van der Waals surface area contributed by atoms with Crippen LogP contribution >= 0.6 is 0 Å². The van der Waals surface area contributed by atoms with Gasteiger partial charge in [-0.2, -0.15) is 26.3 Å². The molecule has 0 unspecified atom stereocenters. The monoisotopic (exact) mass is 422 g/mol. The van der Waals surface area contributed by atoms with Crippen LogP contribution in [0.1, 0.15) is 33.3 Å². The van der Waals surface area contributed by atoms with E-state index in [1.54, 1.807) is 20.8 Å². The number of hydrogen-bond donors (Lipinski definition) is 0. The quantitative estimate of drug-likeness (QED) is 0.605. The highest BCUT2D eigenvalue weighted by atomic mass is 19.4. The van der Waals surface area contributed by atoms with Gasteiger partial charge >= 0.3 is 12.4 Å². The van der Waals surface area contributed by atoms with Gasteiger partial charge in [-0.15, -0.1) is 0 Å². The second kappa shape index (κ2) is 7.14. The summed E-state index contributed by atoms with van der Waals surface area (Å²) in [6.45, 7) is 5.13. The summed E-state index contributed by atoms with van der Waals surface area (Å²) < 4.78 is 91.3. The average Bonchev–Trinajstić information content (AvgIpc) is 2.54. The zero-order valence-corrected chi connectivity index (χ0v) is 16.1. The van der Waals surface area contributed by atoms with E-state index in [0.29, 0.717) is 0 Å². The molecule has 0 amide bonds. The van der Waals surface area contributed by atoms with Crippen LogP contribution in [0.5, 0.6) is 11.6 Å². The molecular formula is C19H20F6N2O2. The van der Waals surface area contributed by atoms with Gasteiger partial charge in [-0.1, -0.05) is 0 Å². The van der Waals surface area contributed by atoms with E-state index in [0.717, 1.165) is 17.0 Å². The van der Waals surface area contributed by atoms with E-state index in [-0.39, 0.29) is 28.2 Å². The van der Waals surface area contributed by atoms with Crippen LogP contribution in [0, 0.1) is 0 Å². The van der Waals surface area contributed by atoms with Gasteiger partial charge in [-0.25, -0.2) is 4.98 Å². The molecule has 2 heterocycles. The van der Waals surface area contributed by atoms with Gasteiger partial charge in [0.1, 0.15) is 18.4 Å². The number of aromatic nitrogens is 1. The summed E-state index contributed by atoms with van der Waals surface area (Å²) in [6, 6.07) is 2.37. The van der Waals surface area contributed by atoms with Crippen molar-refractivity contribution in [3.63, 3.8) is 0 Å². The first-order chi connectivity index (χ1) is 13.3. The smallest absolute Gasteiger partial charge is 0.417 e. The predicted molar refractivity (Wildman–Crippen MR) is 95.5 cm³/mol. The molecule has 3 rings (SSSR count). The van der Waals surface area contributed by atoms with Crippen LogP contribution in [0.2, 0.25) is 0 Å². The van der Waals surface area contributed by atoms with Crippen LogP contribution in [0.15, 0.2) is 18.2 Å². The Hall–Kier alpha value is -2.39. The second-order valence-corrected chi connectivity index (χ2v) is 7.32. The van der Waals surface area contributed by atoms with Crippen molar-refractivity contribution in [2.45, 2.75) is 58.3 Å². The van der Waals surface area contributed by atoms with Gasteiger partial charge in [-0.05, 0) is 33.8 Å². The van der Waals surface area contributed by atoms with E-state index >= 15 is 0 Å². The van der Waals surface area contributed by atoms with Crippen molar-refractivity contribution in [1.29, 1.82) is 0 Å². The number of anilines is 1. The number of fused-ring (bicyclic) bond motifs is 2. The molecule has 160 valence electrons. The van der Waals surface area contributed by atoms with E-state index in [2.05, 4.69) is 4.98 Å². The highest BCUT2D eigenvalue weighted by Crippen LogP contribution is 2.44. The van der Waals surface area contributed by atoms with Crippen molar-refractivity contribution >= 4 is 16.6 Å². The van der Waals surface area contributed by atoms with E-state index in [9.17, 15) is 26.3 Å². The molecule has 1 aromatic heterocycles. The lowest BCUT2D eigenvalue weighted by molar-refractivity contribution is -0.136. The van der Waals surface area contributed by atoms with Crippen molar-refractivity contribution in [3.8, 4) is 11.6 Å². The third-order valence-electron chi connectivity index (χ3n) is 4.67. The molecule has 2 aromatic rings. The summed E-state index contributed by atoms with van der Waals surface area (Å²) in [5.41, 5.74) is -1.15. The number of halogens is 6. The molecule has 0 radical (unpaired) electrons. The molecule has 0 fully saturated rings. The maximum atomic E-state index is 13.7. The first-order valence-electron chi connectivity index (χ1n) is 8.99. The maximum absolute atomic E-state index is 13.7. The summed E-state index contributed by atoms with van der Waals surface area (Å²) in [4.78, 5) is 5.11. The first kappa shape index (κ1) is 21.3. The Bertz CT molecular complexity index is 910. The van der Waals surface area contributed by atoms with Crippen molar-refractivity contribution in [2.75, 3.05) is 11.4 Å². The summed E-state index contributed by atoms with van der Waals surface area (Å²) in [5.74, 6) is -0.168. The second-order valence-electron chi connectivity index (χ2n) is 7.32. The number of benzene rings is 1. The highest BCUT2D eigenvalue weighted by Gasteiger charge is 2.40. The number of pyridine rings is 1. The minimum absolute atomic E-state index is 0.0506.